The number of methoxy groups -OCH3 is 1. The Kier molecular flexibility index (Phi) is 7.49. The van der Waals surface area contributed by atoms with Crippen LogP contribution in [0.4, 0.5) is 0 Å². The highest BCUT2D eigenvalue weighted by Gasteiger charge is 2.12. The molecule has 0 fully saturated rings. The topological polar surface area (TPSA) is 64.3 Å². The molecule has 0 unspecified atom stereocenters. The Morgan fingerprint density at radius 1 is 1.37 bits per heavy atom. The van der Waals surface area contributed by atoms with E-state index in [2.05, 4.69) is 5.32 Å². The van der Waals surface area contributed by atoms with E-state index < -0.39 is 0 Å². The molecule has 108 valence electrons. The van der Waals surface area contributed by atoms with Crippen molar-refractivity contribution in [1.29, 1.82) is 0 Å². The molecule has 0 aliphatic carbocycles. The molecule has 0 atom stereocenters. The van der Waals surface area contributed by atoms with Crippen LogP contribution in [0, 0.1) is 0 Å². The molecular formula is C14H23ClN2O2. The Morgan fingerprint density at radius 2 is 2.00 bits per heavy atom. The zero-order valence-electron chi connectivity index (χ0n) is 11.7. The molecule has 5 heteroatoms. The number of carbonyl (C=O) groups is 1. The molecule has 3 N–H and O–H groups in total. The molecule has 4 nitrogen and oxygen atoms in total. The molecule has 1 aromatic rings. The third kappa shape index (κ3) is 7.03. The molecular weight excluding hydrogens is 264 g/mol. The highest BCUT2D eigenvalue weighted by atomic mass is 35.5. The zero-order chi connectivity index (χ0) is 13.6. The monoisotopic (exact) mass is 286 g/mol. The standard InChI is InChI=1S/C14H22N2O2.ClH/c1-14(2,15)10-16-13(17)9-8-11-6-4-5-7-12(11)18-3;/h4-7H,8-10,15H2,1-3H3,(H,16,17);1H. The second-order valence-electron chi connectivity index (χ2n) is 5.08. The summed E-state index contributed by atoms with van der Waals surface area (Å²) >= 11 is 0. The number of nitrogens with one attached hydrogen (secondary N) is 1. The molecule has 1 amide bonds. The van der Waals surface area contributed by atoms with Crippen molar-refractivity contribution >= 4 is 18.3 Å². The number of halogens is 1. The number of nitrogens with two attached hydrogens (primary N) is 1. The fourth-order valence-corrected chi connectivity index (χ4v) is 1.57. The molecule has 0 aliphatic heterocycles. The van der Waals surface area contributed by atoms with Crippen LogP contribution in [0.15, 0.2) is 24.3 Å². The van der Waals surface area contributed by atoms with Crippen molar-refractivity contribution in [3.8, 4) is 5.75 Å². The summed E-state index contributed by atoms with van der Waals surface area (Å²) in [6.07, 6.45) is 1.11. The van der Waals surface area contributed by atoms with Crippen molar-refractivity contribution in [2.45, 2.75) is 32.2 Å². The molecule has 1 aromatic carbocycles. The van der Waals surface area contributed by atoms with E-state index in [4.69, 9.17) is 10.5 Å². The molecule has 0 aliphatic rings. The van der Waals surface area contributed by atoms with E-state index in [-0.39, 0.29) is 23.9 Å². The summed E-state index contributed by atoms with van der Waals surface area (Å²) in [6, 6.07) is 7.73. The van der Waals surface area contributed by atoms with Gasteiger partial charge in [-0.2, -0.15) is 0 Å². The summed E-state index contributed by atoms with van der Waals surface area (Å²) in [6.45, 7) is 4.25. The average Bonchev–Trinajstić information content (AvgIpc) is 2.33. The first-order valence-electron chi connectivity index (χ1n) is 6.10. The van der Waals surface area contributed by atoms with Gasteiger partial charge in [0.05, 0.1) is 7.11 Å². The maximum absolute atomic E-state index is 11.7. The number of rotatable bonds is 6. The van der Waals surface area contributed by atoms with Gasteiger partial charge in [-0.3, -0.25) is 4.79 Å². The zero-order valence-corrected chi connectivity index (χ0v) is 12.5. The lowest BCUT2D eigenvalue weighted by atomic mass is 10.1. The Labute approximate surface area is 121 Å². The second-order valence-corrected chi connectivity index (χ2v) is 5.08. The molecule has 1 rings (SSSR count). The van der Waals surface area contributed by atoms with Gasteiger partial charge >= 0.3 is 0 Å². The minimum atomic E-state index is -0.375. The van der Waals surface area contributed by atoms with Gasteiger partial charge in [-0.05, 0) is 31.9 Å². The van der Waals surface area contributed by atoms with Crippen LogP contribution < -0.4 is 15.8 Å². The summed E-state index contributed by atoms with van der Waals surface area (Å²) < 4.78 is 5.24. The highest BCUT2D eigenvalue weighted by Crippen LogP contribution is 2.18. The van der Waals surface area contributed by atoms with E-state index in [0.717, 1.165) is 11.3 Å². The van der Waals surface area contributed by atoms with Crippen LogP contribution >= 0.6 is 12.4 Å². The SMILES string of the molecule is COc1ccccc1CCC(=O)NCC(C)(C)N.Cl. The van der Waals surface area contributed by atoms with E-state index >= 15 is 0 Å². The molecule has 0 saturated carbocycles. The normalized spacial score (nSPS) is 10.5. The lowest BCUT2D eigenvalue weighted by Gasteiger charge is -2.18. The van der Waals surface area contributed by atoms with Crippen LogP contribution in [0.25, 0.3) is 0 Å². The Bertz CT molecular complexity index is 403. The number of para-hydroxylation sites is 1. The number of aryl methyl sites for hydroxylation is 1. The maximum atomic E-state index is 11.7. The first-order chi connectivity index (χ1) is 8.42. The third-order valence-corrected chi connectivity index (χ3v) is 2.56. The van der Waals surface area contributed by atoms with Gasteiger partial charge in [0.2, 0.25) is 5.91 Å². The number of hydrogen-bond acceptors (Lipinski definition) is 3. The van der Waals surface area contributed by atoms with Gasteiger partial charge in [0.15, 0.2) is 0 Å². The molecule has 0 bridgehead atoms. The fraction of sp³-hybridized carbons (Fsp3) is 0.500. The summed E-state index contributed by atoms with van der Waals surface area (Å²) in [4.78, 5) is 11.7. The fourth-order valence-electron chi connectivity index (χ4n) is 1.57. The van der Waals surface area contributed by atoms with Gasteiger partial charge in [-0.1, -0.05) is 18.2 Å². The average molecular weight is 287 g/mol. The summed E-state index contributed by atoms with van der Waals surface area (Å²) in [5, 5.41) is 2.83. The van der Waals surface area contributed by atoms with Gasteiger partial charge in [-0.15, -0.1) is 12.4 Å². The first-order valence-corrected chi connectivity index (χ1v) is 6.10. The van der Waals surface area contributed by atoms with E-state index in [1.54, 1.807) is 7.11 Å². The van der Waals surface area contributed by atoms with E-state index in [1.807, 2.05) is 38.1 Å². The smallest absolute Gasteiger partial charge is 0.220 e. The third-order valence-electron chi connectivity index (χ3n) is 2.56. The quantitative estimate of drug-likeness (QED) is 0.839. The second kappa shape index (κ2) is 8.02. The summed E-state index contributed by atoms with van der Waals surface area (Å²) in [5.41, 5.74) is 6.47. The van der Waals surface area contributed by atoms with Crippen molar-refractivity contribution in [3.05, 3.63) is 29.8 Å². The van der Waals surface area contributed by atoms with E-state index in [1.165, 1.54) is 0 Å². The van der Waals surface area contributed by atoms with E-state index in [9.17, 15) is 4.79 Å². The van der Waals surface area contributed by atoms with E-state index in [0.29, 0.717) is 19.4 Å². The van der Waals surface area contributed by atoms with Crippen LogP contribution in [-0.2, 0) is 11.2 Å². The number of benzene rings is 1. The minimum Gasteiger partial charge on any atom is -0.496 e. The van der Waals surface area contributed by atoms with Gasteiger partial charge in [-0.25, -0.2) is 0 Å². The summed E-state index contributed by atoms with van der Waals surface area (Å²) in [7, 11) is 1.63. The predicted molar refractivity (Wildman–Crippen MR) is 79.8 cm³/mol. The molecule has 19 heavy (non-hydrogen) atoms. The van der Waals surface area contributed by atoms with Crippen molar-refractivity contribution < 1.29 is 9.53 Å². The Morgan fingerprint density at radius 3 is 2.58 bits per heavy atom. The number of hydrogen-bond donors (Lipinski definition) is 2. The highest BCUT2D eigenvalue weighted by molar-refractivity contribution is 5.85. The van der Waals surface area contributed by atoms with Crippen molar-refractivity contribution in [2.24, 2.45) is 5.73 Å². The Hall–Kier alpha value is -1.26. The first kappa shape index (κ1) is 17.7. The number of amides is 1. The van der Waals surface area contributed by atoms with Crippen LogP contribution in [0.2, 0.25) is 0 Å². The number of ether oxygens (including phenoxy) is 1. The van der Waals surface area contributed by atoms with Gasteiger partial charge < -0.3 is 15.8 Å². The maximum Gasteiger partial charge on any atom is 0.220 e. The molecule has 0 spiro atoms. The van der Waals surface area contributed by atoms with Crippen LogP contribution in [0.1, 0.15) is 25.8 Å². The Balaban J connectivity index is 0.00000324. The lowest BCUT2D eigenvalue weighted by molar-refractivity contribution is -0.121. The van der Waals surface area contributed by atoms with Crippen LogP contribution in [0.3, 0.4) is 0 Å². The van der Waals surface area contributed by atoms with Crippen LogP contribution in [0.5, 0.6) is 5.75 Å². The van der Waals surface area contributed by atoms with Gasteiger partial charge in [0, 0.05) is 18.5 Å². The molecule has 0 aromatic heterocycles. The predicted octanol–water partition coefficient (Wildman–Crippen LogP) is 1.90. The van der Waals surface area contributed by atoms with Crippen LogP contribution in [-0.4, -0.2) is 25.1 Å². The molecule has 0 radical (unpaired) electrons. The van der Waals surface area contributed by atoms with Gasteiger partial charge in [0.1, 0.15) is 5.75 Å². The lowest BCUT2D eigenvalue weighted by Crippen LogP contribution is -2.45. The van der Waals surface area contributed by atoms with Crippen molar-refractivity contribution in [2.75, 3.05) is 13.7 Å². The molecule has 0 heterocycles. The largest absolute Gasteiger partial charge is 0.496 e. The number of carbonyl (C=O) groups excluding carboxylic acids is 1. The summed E-state index contributed by atoms with van der Waals surface area (Å²) in [5.74, 6) is 0.837. The van der Waals surface area contributed by atoms with Crippen molar-refractivity contribution in [1.82, 2.24) is 5.32 Å². The van der Waals surface area contributed by atoms with Gasteiger partial charge in [0.25, 0.3) is 0 Å². The minimum absolute atomic E-state index is 0. The molecule has 0 saturated heterocycles. The van der Waals surface area contributed by atoms with Crippen molar-refractivity contribution in [3.63, 3.8) is 0 Å².